The van der Waals surface area contributed by atoms with E-state index in [1.165, 1.54) is 0 Å². The van der Waals surface area contributed by atoms with Crippen LogP contribution >= 0.6 is 0 Å². The van der Waals surface area contributed by atoms with Crippen LogP contribution in [0, 0.1) is 0 Å². The number of carbonyl (C=O) groups excluding carboxylic acids is 1. The lowest BCUT2D eigenvalue weighted by molar-refractivity contribution is 0.0000673. The van der Waals surface area contributed by atoms with Gasteiger partial charge < -0.3 is 19.5 Å². The summed E-state index contributed by atoms with van der Waals surface area (Å²) in [6.07, 6.45) is 6.81. The van der Waals surface area contributed by atoms with Crippen LogP contribution in [0.1, 0.15) is 43.1 Å². The molecule has 0 bridgehead atoms. The predicted molar refractivity (Wildman–Crippen MR) is 133 cm³/mol. The van der Waals surface area contributed by atoms with E-state index in [9.17, 15) is 9.90 Å². The topological polar surface area (TPSA) is 87.4 Å². The summed E-state index contributed by atoms with van der Waals surface area (Å²) in [6.45, 7) is 5.71. The third-order valence-electron chi connectivity index (χ3n) is 6.63. The molecule has 3 aromatic heterocycles. The van der Waals surface area contributed by atoms with E-state index in [0.29, 0.717) is 24.6 Å². The van der Waals surface area contributed by atoms with Gasteiger partial charge in [0.05, 0.1) is 40.7 Å². The molecule has 34 heavy (non-hydrogen) atoms. The molecule has 5 rings (SSSR count). The third-order valence-corrected chi connectivity index (χ3v) is 6.63. The number of likely N-dealkylation sites (N-methyl/N-ethyl adjacent to an activating group) is 1. The van der Waals surface area contributed by atoms with Crippen molar-refractivity contribution in [2.45, 2.75) is 38.3 Å². The Morgan fingerprint density at radius 1 is 1.15 bits per heavy atom. The van der Waals surface area contributed by atoms with E-state index in [1.54, 1.807) is 24.3 Å². The number of aliphatic hydroxyl groups is 1. The fourth-order valence-electron chi connectivity index (χ4n) is 4.98. The molecule has 4 aromatic rings. The average Bonchev–Trinajstić information content (AvgIpc) is 3.26. The number of aromatic nitrogens is 4. The van der Waals surface area contributed by atoms with Crippen molar-refractivity contribution in [3.8, 4) is 0 Å². The van der Waals surface area contributed by atoms with Crippen molar-refractivity contribution in [1.29, 1.82) is 0 Å². The Kier molecular flexibility index (Phi) is 5.69. The fourth-order valence-corrected chi connectivity index (χ4v) is 4.98. The summed E-state index contributed by atoms with van der Waals surface area (Å²) in [5.74, 6) is -0.123. The van der Waals surface area contributed by atoms with Gasteiger partial charge in [-0.2, -0.15) is 0 Å². The van der Waals surface area contributed by atoms with Crippen molar-refractivity contribution < 1.29 is 9.90 Å². The van der Waals surface area contributed by atoms with E-state index in [1.807, 2.05) is 42.7 Å². The zero-order valence-corrected chi connectivity index (χ0v) is 19.8. The third kappa shape index (κ3) is 4.09. The molecule has 1 fully saturated rings. The Bertz CT molecular complexity index is 1340. The zero-order valence-electron chi connectivity index (χ0n) is 19.8. The largest absolute Gasteiger partial charge is 0.386 e. The molecule has 0 radical (unpaired) electrons. The lowest BCUT2D eigenvalue weighted by atomic mass is 9.91. The molecule has 0 saturated carbocycles. The minimum absolute atomic E-state index is 0.123. The van der Waals surface area contributed by atoms with Crippen LogP contribution in [0.15, 0.2) is 55.1 Å². The molecule has 1 saturated heterocycles. The second kappa shape index (κ2) is 8.68. The van der Waals surface area contributed by atoms with Gasteiger partial charge in [-0.15, -0.1) is 0 Å². The number of amides is 1. The smallest absolute Gasteiger partial charge is 0.253 e. The summed E-state index contributed by atoms with van der Waals surface area (Å²) in [5.41, 5.74) is 3.98. The molecular weight excluding hydrogens is 428 g/mol. The van der Waals surface area contributed by atoms with Gasteiger partial charge in [-0.25, -0.2) is 4.98 Å². The van der Waals surface area contributed by atoms with Crippen LogP contribution in [0.3, 0.4) is 0 Å². The number of hydrogen-bond acceptors (Lipinski definition) is 6. The zero-order chi connectivity index (χ0) is 23.9. The van der Waals surface area contributed by atoms with Crippen molar-refractivity contribution >= 4 is 33.7 Å². The van der Waals surface area contributed by atoms with E-state index in [2.05, 4.69) is 38.3 Å². The number of hydrogen-bond donors (Lipinski definition) is 1. The molecule has 0 unspecified atom stereocenters. The normalized spacial score (nSPS) is 18.7. The maximum absolute atomic E-state index is 13.2. The maximum Gasteiger partial charge on any atom is 0.253 e. The lowest BCUT2D eigenvalue weighted by Gasteiger charge is -2.42. The summed E-state index contributed by atoms with van der Waals surface area (Å²) < 4.78 is 2.09. The molecule has 1 amide bonds. The minimum atomic E-state index is -1.02. The summed E-state index contributed by atoms with van der Waals surface area (Å²) >= 11 is 0. The molecule has 1 aromatic carbocycles. The number of piperidine rings is 1. The number of carbonyl (C=O) groups is 1. The van der Waals surface area contributed by atoms with Crippen LogP contribution in [-0.4, -0.2) is 67.7 Å². The molecular formula is C26H30N6O2. The predicted octanol–water partition coefficient (Wildman–Crippen LogP) is 3.66. The quantitative estimate of drug-likeness (QED) is 0.491. The average molecular weight is 459 g/mol. The summed E-state index contributed by atoms with van der Waals surface area (Å²) in [7, 11) is 1.75. The monoisotopic (exact) mass is 458 g/mol. The summed E-state index contributed by atoms with van der Waals surface area (Å²) in [6, 6.07) is 11.7. The number of anilines is 1. The van der Waals surface area contributed by atoms with Crippen molar-refractivity contribution in [3.05, 3.63) is 60.7 Å². The minimum Gasteiger partial charge on any atom is -0.386 e. The fraction of sp³-hybridized carbons (Fsp3) is 0.385. The molecule has 1 aliphatic rings. The second-order valence-electron chi connectivity index (χ2n) is 9.56. The molecule has 0 spiro atoms. The number of β-amino-alcohol motifs (C(OH)–C–C–N with tert-alkyl or cyclic N) is 1. The molecule has 1 aliphatic heterocycles. The number of imidazole rings is 1. The SMILES string of the molecule is CC(C)n1cnc2cc(C(=O)N(C)C[C@]3(O)CCCN(c4ccnc5cccnc45)C3)ccc21. The van der Waals surface area contributed by atoms with Crippen LogP contribution in [-0.2, 0) is 0 Å². The van der Waals surface area contributed by atoms with Gasteiger partial charge in [0.1, 0.15) is 5.52 Å². The number of nitrogens with zero attached hydrogens (tertiary/aromatic N) is 6. The van der Waals surface area contributed by atoms with Gasteiger partial charge in [0.2, 0.25) is 0 Å². The van der Waals surface area contributed by atoms with E-state index >= 15 is 0 Å². The standard InChI is InChI=1S/C26H30N6O2/c1-18(2)32-17-29-21-14-19(7-8-22(21)32)25(33)30(3)15-26(34)10-5-13-31(16-26)23-9-12-27-20-6-4-11-28-24(20)23/h4,6-9,11-12,14,17-18,34H,5,10,13,15-16H2,1-3H3/t26-/m1/s1. The van der Waals surface area contributed by atoms with E-state index in [0.717, 1.165) is 40.7 Å². The van der Waals surface area contributed by atoms with Crippen LogP contribution < -0.4 is 4.90 Å². The first-order valence-corrected chi connectivity index (χ1v) is 11.7. The van der Waals surface area contributed by atoms with Gasteiger partial charge in [-0.3, -0.25) is 14.8 Å². The molecule has 0 aliphatic carbocycles. The first-order chi connectivity index (χ1) is 16.3. The van der Waals surface area contributed by atoms with Crippen LogP contribution in [0.4, 0.5) is 5.69 Å². The first-order valence-electron chi connectivity index (χ1n) is 11.7. The highest BCUT2D eigenvalue weighted by molar-refractivity contribution is 5.97. The maximum atomic E-state index is 13.2. The number of pyridine rings is 2. The molecule has 1 atom stereocenters. The van der Waals surface area contributed by atoms with Gasteiger partial charge in [-0.1, -0.05) is 0 Å². The van der Waals surface area contributed by atoms with E-state index < -0.39 is 5.60 Å². The highest BCUT2D eigenvalue weighted by atomic mass is 16.3. The van der Waals surface area contributed by atoms with Gasteiger partial charge in [0.15, 0.2) is 0 Å². The number of benzene rings is 1. The Morgan fingerprint density at radius 3 is 2.82 bits per heavy atom. The van der Waals surface area contributed by atoms with E-state index in [4.69, 9.17) is 0 Å². The van der Waals surface area contributed by atoms with Crippen molar-refractivity contribution in [1.82, 2.24) is 24.4 Å². The molecule has 1 N–H and O–H groups in total. The van der Waals surface area contributed by atoms with E-state index in [-0.39, 0.29) is 12.5 Å². The van der Waals surface area contributed by atoms with Gasteiger partial charge in [0.25, 0.3) is 5.91 Å². The summed E-state index contributed by atoms with van der Waals surface area (Å²) in [5, 5.41) is 11.5. The molecule has 8 heteroatoms. The Hall–Kier alpha value is -3.52. The van der Waals surface area contributed by atoms with Crippen LogP contribution in [0.2, 0.25) is 0 Å². The van der Waals surface area contributed by atoms with Gasteiger partial charge >= 0.3 is 0 Å². The molecule has 4 heterocycles. The lowest BCUT2D eigenvalue weighted by Crippen LogP contribution is -2.54. The van der Waals surface area contributed by atoms with Gasteiger partial charge in [0, 0.05) is 44.1 Å². The number of fused-ring (bicyclic) bond motifs is 2. The van der Waals surface area contributed by atoms with Crippen molar-refractivity contribution in [2.24, 2.45) is 0 Å². The van der Waals surface area contributed by atoms with Crippen molar-refractivity contribution in [2.75, 3.05) is 31.6 Å². The number of rotatable bonds is 5. The van der Waals surface area contributed by atoms with Crippen LogP contribution in [0.25, 0.3) is 22.1 Å². The molecule has 176 valence electrons. The summed E-state index contributed by atoms with van der Waals surface area (Å²) in [4.78, 5) is 30.4. The Labute approximate surface area is 198 Å². The Balaban J connectivity index is 1.34. The van der Waals surface area contributed by atoms with Crippen molar-refractivity contribution in [3.63, 3.8) is 0 Å². The first kappa shape index (κ1) is 22.3. The highest BCUT2D eigenvalue weighted by Crippen LogP contribution is 2.30. The molecule has 8 nitrogen and oxygen atoms in total. The second-order valence-corrected chi connectivity index (χ2v) is 9.56. The Morgan fingerprint density at radius 2 is 2.00 bits per heavy atom. The highest BCUT2D eigenvalue weighted by Gasteiger charge is 2.36. The van der Waals surface area contributed by atoms with Gasteiger partial charge in [-0.05, 0) is 63.1 Å². The van der Waals surface area contributed by atoms with Crippen LogP contribution in [0.5, 0.6) is 0 Å².